The summed E-state index contributed by atoms with van der Waals surface area (Å²) in [6, 6.07) is 6.64. The first kappa shape index (κ1) is 20.1. The number of benzene rings is 1. The van der Waals surface area contributed by atoms with E-state index in [0.29, 0.717) is 10.9 Å². The lowest BCUT2D eigenvalue weighted by Gasteiger charge is -2.30. The largest absolute Gasteiger partial charge is 0.486 e. The lowest BCUT2D eigenvalue weighted by molar-refractivity contribution is -0.155. The van der Waals surface area contributed by atoms with Crippen molar-refractivity contribution in [1.29, 1.82) is 0 Å². The summed E-state index contributed by atoms with van der Waals surface area (Å²) in [5.74, 6) is 0.742. The molecule has 1 aromatic carbocycles. The first-order valence-electron chi connectivity index (χ1n) is 7.85. The van der Waals surface area contributed by atoms with Gasteiger partial charge in [0.15, 0.2) is 0 Å². The second-order valence-corrected chi connectivity index (χ2v) is 6.45. The second-order valence-electron chi connectivity index (χ2n) is 6.01. The molecule has 1 aromatic rings. The van der Waals surface area contributed by atoms with Gasteiger partial charge in [-0.3, -0.25) is 4.79 Å². The van der Waals surface area contributed by atoms with Crippen LogP contribution in [0.4, 0.5) is 0 Å². The molecule has 0 aromatic heterocycles. The van der Waals surface area contributed by atoms with E-state index in [1.165, 1.54) is 12.8 Å². The van der Waals surface area contributed by atoms with Gasteiger partial charge < -0.3 is 15.2 Å². The highest BCUT2D eigenvalue weighted by molar-refractivity contribution is 6.30. The monoisotopic (exact) mass is 361 g/mol. The number of carbonyl (C=O) groups is 1. The van der Waals surface area contributed by atoms with Crippen molar-refractivity contribution in [1.82, 2.24) is 0 Å². The Kier molecular flexibility index (Phi) is 8.17. The third-order valence-electron chi connectivity index (χ3n) is 4.09. The first-order valence-corrected chi connectivity index (χ1v) is 8.23. The van der Waals surface area contributed by atoms with Gasteiger partial charge in [-0.2, -0.15) is 0 Å². The van der Waals surface area contributed by atoms with Gasteiger partial charge in [0.05, 0.1) is 0 Å². The molecule has 1 aliphatic carbocycles. The molecule has 2 rings (SSSR count). The van der Waals surface area contributed by atoms with E-state index in [1.54, 1.807) is 19.1 Å². The Morgan fingerprint density at radius 1 is 1.22 bits per heavy atom. The van der Waals surface area contributed by atoms with E-state index in [-0.39, 0.29) is 24.6 Å². The molecule has 4 nitrogen and oxygen atoms in total. The van der Waals surface area contributed by atoms with Crippen LogP contribution in [0.3, 0.4) is 0 Å². The Balaban J connectivity index is 0.00000264. The molecule has 3 atom stereocenters. The number of nitrogens with two attached hydrogens (primary N) is 1. The van der Waals surface area contributed by atoms with Crippen molar-refractivity contribution < 1.29 is 14.3 Å². The molecule has 0 radical (unpaired) electrons. The number of esters is 1. The van der Waals surface area contributed by atoms with Gasteiger partial charge >= 0.3 is 5.97 Å². The number of hydrogen-bond donors (Lipinski definition) is 1. The molecular weight excluding hydrogens is 337 g/mol. The molecule has 2 N–H and O–H groups in total. The Morgan fingerprint density at radius 2 is 1.78 bits per heavy atom. The van der Waals surface area contributed by atoms with Crippen molar-refractivity contribution in [3.05, 3.63) is 29.3 Å². The minimum atomic E-state index is -0.623. The number of hydrogen-bond acceptors (Lipinski definition) is 4. The van der Waals surface area contributed by atoms with Crippen LogP contribution in [0.15, 0.2) is 24.3 Å². The van der Waals surface area contributed by atoms with E-state index in [2.05, 4.69) is 0 Å². The maximum Gasteiger partial charge on any atom is 0.323 e. The van der Waals surface area contributed by atoms with Gasteiger partial charge in [0.25, 0.3) is 0 Å². The summed E-state index contributed by atoms with van der Waals surface area (Å²) >= 11 is 5.90. The van der Waals surface area contributed by atoms with Crippen molar-refractivity contribution >= 4 is 30.0 Å². The van der Waals surface area contributed by atoms with Gasteiger partial charge in [-0.25, -0.2) is 0 Å². The van der Waals surface area contributed by atoms with E-state index in [4.69, 9.17) is 26.8 Å². The van der Waals surface area contributed by atoms with Crippen LogP contribution in [-0.2, 0) is 9.53 Å². The number of rotatable bonds is 6. The van der Waals surface area contributed by atoms with E-state index in [0.717, 1.165) is 18.6 Å². The molecule has 0 heterocycles. The predicted octanol–water partition coefficient (Wildman–Crippen LogP) is 3.98. The Morgan fingerprint density at radius 3 is 2.30 bits per heavy atom. The summed E-state index contributed by atoms with van der Waals surface area (Å²) in [5, 5.41) is 0.668. The van der Waals surface area contributed by atoms with Crippen LogP contribution in [0.25, 0.3) is 0 Å². The van der Waals surface area contributed by atoms with Crippen molar-refractivity contribution in [2.75, 3.05) is 0 Å². The maximum atomic E-state index is 11.7. The zero-order chi connectivity index (χ0) is 16.1. The van der Waals surface area contributed by atoms with Crippen LogP contribution in [0.2, 0.25) is 5.02 Å². The number of carbonyl (C=O) groups excluding carboxylic acids is 1. The van der Waals surface area contributed by atoms with Gasteiger partial charge in [0.2, 0.25) is 0 Å². The minimum absolute atomic E-state index is 0. The quantitative estimate of drug-likeness (QED) is 0.778. The Labute approximate surface area is 149 Å². The molecule has 0 amide bonds. The highest BCUT2D eigenvalue weighted by Gasteiger charge is 2.33. The van der Waals surface area contributed by atoms with Crippen molar-refractivity contribution in [2.45, 2.75) is 57.8 Å². The number of halogens is 2. The van der Waals surface area contributed by atoms with Gasteiger partial charge in [-0.15, -0.1) is 12.4 Å². The number of ether oxygens (including phenoxy) is 2. The second kappa shape index (κ2) is 9.36. The smallest absolute Gasteiger partial charge is 0.323 e. The highest BCUT2D eigenvalue weighted by Crippen LogP contribution is 2.32. The lowest BCUT2D eigenvalue weighted by Crippen LogP contribution is -2.41. The Bertz CT molecular complexity index is 487. The molecule has 0 aliphatic heterocycles. The molecule has 130 valence electrons. The summed E-state index contributed by atoms with van der Waals surface area (Å²) in [6.07, 6.45) is 4.08. The highest BCUT2D eigenvalue weighted by atomic mass is 35.5. The van der Waals surface area contributed by atoms with E-state index >= 15 is 0 Å². The van der Waals surface area contributed by atoms with Gasteiger partial charge in [-0.1, -0.05) is 24.4 Å². The fraction of sp³-hybridized carbons (Fsp3) is 0.588. The maximum absolute atomic E-state index is 11.7. The molecule has 0 unspecified atom stereocenters. The van der Waals surface area contributed by atoms with Crippen LogP contribution in [0.1, 0.15) is 39.5 Å². The average molecular weight is 362 g/mol. The lowest BCUT2D eigenvalue weighted by atomic mass is 9.96. The van der Waals surface area contributed by atoms with Crippen LogP contribution in [0.5, 0.6) is 5.75 Å². The topological polar surface area (TPSA) is 61.6 Å². The van der Waals surface area contributed by atoms with Gasteiger partial charge in [0.1, 0.15) is 24.0 Å². The zero-order valence-electron chi connectivity index (χ0n) is 13.5. The molecule has 0 bridgehead atoms. The summed E-state index contributed by atoms with van der Waals surface area (Å²) < 4.78 is 11.6. The zero-order valence-corrected chi connectivity index (χ0v) is 15.1. The van der Waals surface area contributed by atoms with E-state index in [1.807, 2.05) is 19.1 Å². The van der Waals surface area contributed by atoms with E-state index in [9.17, 15) is 4.79 Å². The van der Waals surface area contributed by atoms with Gasteiger partial charge in [0, 0.05) is 5.02 Å². The van der Waals surface area contributed by atoms with Crippen LogP contribution < -0.4 is 10.5 Å². The van der Waals surface area contributed by atoms with Crippen molar-refractivity contribution in [2.24, 2.45) is 11.7 Å². The fourth-order valence-corrected chi connectivity index (χ4v) is 3.02. The van der Waals surface area contributed by atoms with E-state index < -0.39 is 12.0 Å². The Hall–Kier alpha value is -0.970. The molecule has 23 heavy (non-hydrogen) atoms. The third kappa shape index (κ3) is 5.87. The van der Waals surface area contributed by atoms with Crippen molar-refractivity contribution in [3.8, 4) is 5.75 Å². The van der Waals surface area contributed by atoms with Crippen LogP contribution >= 0.6 is 24.0 Å². The molecule has 1 fully saturated rings. The SMILES string of the molecule is C[C@H](N)C(=O)O[C@@H](C)[C@H](Oc1ccc(Cl)cc1)C1CCCC1.Cl. The van der Waals surface area contributed by atoms with Gasteiger partial charge in [-0.05, 0) is 56.9 Å². The summed E-state index contributed by atoms with van der Waals surface area (Å²) in [7, 11) is 0. The molecular formula is C17H25Cl2NO3. The summed E-state index contributed by atoms with van der Waals surface area (Å²) in [5.41, 5.74) is 5.58. The van der Waals surface area contributed by atoms with Crippen molar-refractivity contribution in [3.63, 3.8) is 0 Å². The normalized spacial score (nSPS) is 18.6. The standard InChI is InChI=1S/C17H24ClNO3.ClH/c1-11(19)17(20)21-12(2)16(13-5-3-4-6-13)22-15-9-7-14(18)8-10-15;/h7-13,16H,3-6,19H2,1-2H3;1H/t11-,12-,16-;/m0./s1. The summed E-state index contributed by atoms with van der Waals surface area (Å²) in [4.78, 5) is 11.7. The summed E-state index contributed by atoms with van der Waals surface area (Å²) in [6.45, 7) is 3.50. The molecule has 0 saturated heterocycles. The molecule has 6 heteroatoms. The first-order chi connectivity index (χ1) is 10.5. The minimum Gasteiger partial charge on any atom is -0.486 e. The fourth-order valence-electron chi connectivity index (χ4n) is 2.89. The van der Waals surface area contributed by atoms with Crippen LogP contribution in [0, 0.1) is 5.92 Å². The molecule has 1 aliphatic rings. The predicted molar refractivity (Wildman–Crippen MR) is 94.3 cm³/mol. The molecule has 1 saturated carbocycles. The molecule has 0 spiro atoms. The van der Waals surface area contributed by atoms with Crippen LogP contribution in [-0.4, -0.2) is 24.2 Å². The average Bonchev–Trinajstić information content (AvgIpc) is 3.00. The third-order valence-corrected chi connectivity index (χ3v) is 4.34.